The molecule has 1 atom stereocenters. The first-order valence-electron chi connectivity index (χ1n) is 7.89. The zero-order valence-corrected chi connectivity index (χ0v) is 15.2. The van der Waals surface area contributed by atoms with E-state index in [9.17, 15) is 5.11 Å². The number of phenolic OH excluding ortho intramolecular Hbond substituents is 1. The summed E-state index contributed by atoms with van der Waals surface area (Å²) in [7, 11) is 0. The van der Waals surface area contributed by atoms with Gasteiger partial charge in [0.1, 0.15) is 5.75 Å². The van der Waals surface area contributed by atoms with Gasteiger partial charge in [0.25, 0.3) is 0 Å². The van der Waals surface area contributed by atoms with Gasteiger partial charge < -0.3 is 15.4 Å². The smallest absolute Gasteiger partial charge is 0.160 e. The summed E-state index contributed by atoms with van der Waals surface area (Å²) >= 11 is 2.15. The SMILES string of the molecule is Oc1ccc(C2Nc3ccccc3-c3cnnc4[nH]cc2c34)cc1I. The molecule has 1 unspecified atom stereocenters. The molecule has 122 valence electrons. The van der Waals surface area contributed by atoms with Gasteiger partial charge in [-0.15, -0.1) is 5.10 Å². The van der Waals surface area contributed by atoms with Gasteiger partial charge in [-0.05, 0) is 46.4 Å². The van der Waals surface area contributed by atoms with Crippen molar-refractivity contribution >= 4 is 39.3 Å². The maximum absolute atomic E-state index is 9.87. The number of H-pyrrole nitrogens is 1. The molecule has 0 spiro atoms. The second-order valence-corrected chi connectivity index (χ2v) is 7.22. The van der Waals surface area contributed by atoms with Crippen LogP contribution in [-0.4, -0.2) is 20.3 Å². The number of hydrogen-bond acceptors (Lipinski definition) is 4. The van der Waals surface area contributed by atoms with E-state index in [1.165, 1.54) is 0 Å². The Kier molecular flexibility index (Phi) is 3.21. The molecule has 1 aliphatic heterocycles. The normalized spacial score (nSPS) is 15.5. The Morgan fingerprint density at radius 3 is 2.84 bits per heavy atom. The van der Waals surface area contributed by atoms with Crippen LogP contribution in [0.4, 0.5) is 5.69 Å². The lowest BCUT2D eigenvalue weighted by Crippen LogP contribution is -2.11. The van der Waals surface area contributed by atoms with Gasteiger partial charge in [-0.1, -0.05) is 24.3 Å². The van der Waals surface area contributed by atoms with Crippen LogP contribution in [-0.2, 0) is 0 Å². The lowest BCUT2D eigenvalue weighted by atomic mass is 9.97. The Morgan fingerprint density at radius 1 is 1.08 bits per heavy atom. The summed E-state index contributed by atoms with van der Waals surface area (Å²) < 4.78 is 0.828. The van der Waals surface area contributed by atoms with Crippen LogP contribution < -0.4 is 5.32 Å². The van der Waals surface area contributed by atoms with Gasteiger partial charge in [-0.2, -0.15) is 5.10 Å². The summed E-state index contributed by atoms with van der Waals surface area (Å²) in [6.45, 7) is 0. The van der Waals surface area contributed by atoms with Gasteiger partial charge in [-0.3, -0.25) is 0 Å². The van der Waals surface area contributed by atoms with Crippen molar-refractivity contribution in [2.24, 2.45) is 0 Å². The molecule has 0 saturated carbocycles. The van der Waals surface area contributed by atoms with Crippen molar-refractivity contribution in [2.45, 2.75) is 6.04 Å². The topological polar surface area (TPSA) is 73.8 Å². The second-order valence-electron chi connectivity index (χ2n) is 6.06. The molecule has 25 heavy (non-hydrogen) atoms. The number of hydrogen-bond donors (Lipinski definition) is 3. The summed E-state index contributed by atoms with van der Waals surface area (Å²) in [5.41, 5.74) is 6.23. The van der Waals surface area contributed by atoms with E-state index in [4.69, 9.17) is 0 Å². The molecule has 0 aliphatic carbocycles. The largest absolute Gasteiger partial charge is 0.507 e. The van der Waals surface area contributed by atoms with Crippen LogP contribution >= 0.6 is 22.6 Å². The molecule has 5 nitrogen and oxygen atoms in total. The Hall–Kier alpha value is -2.61. The molecule has 3 heterocycles. The molecule has 6 heteroatoms. The molecule has 0 radical (unpaired) electrons. The van der Waals surface area contributed by atoms with Crippen molar-refractivity contribution in [1.82, 2.24) is 15.2 Å². The molecule has 2 aromatic heterocycles. The lowest BCUT2D eigenvalue weighted by Gasteiger charge is -2.20. The molecular weight excluding hydrogens is 427 g/mol. The third-order valence-corrected chi connectivity index (χ3v) is 5.50. The summed E-state index contributed by atoms with van der Waals surface area (Å²) in [6.07, 6.45) is 3.81. The number of para-hydroxylation sites is 1. The second kappa shape index (κ2) is 5.45. The third kappa shape index (κ3) is 2.21. The van der Waals surface area contributed by atoms with Crippen molar-refractivity contribution in [3.8, 4) is 16.9 Å². The first kappa shape index (κ1) is 14.7. The Balaban J connectivity index is 1.83. The molecule has 2 aromatic carbocycles. The molecule has 1 aliphatic rings. The van der Waals surface area contributed by atoms with Gasteiger partial charge in [-0.25, -0.2) is 0 Å². The number of nitrogens with one attached hydrogen (secondary N) is 2. The van der Waals surface area contributed by atoms with E-state index in [-0.39, 0.29) is 6.04 Å². The number of halogens is 1. The minimum atomic E-state index is -0.0468. The first-order chi connectivity index (χ1) is 12.2. The Morgan fingerprint density at radius 2 is 1.96 bits per heavy atom. The highest BCUT2D eigenvalue weighted by Crippen LogP contribution is 2.43. The van der Waals surface area contributed by atoms with E-state index in [1.54, 1.807) is 6.07 Å². The van der Waals surface area contributed by atoms with Gasteiger partial charge in [0.15, 0.2) is 5.65 Å². The fraction of sp³-hybridized carbons (Fsp3) is 0.0526. The van der Waals surface area contributed by atoms with E-state index in [0.717, 1.165) is 42.5 Å². The number of fused-ring (bicyclic) bond motifs is 2. The highest BCUT2D eigenvalue weighted by atomic mass is 127. The summed E-state index contributed by atoms with van der Waals surface area (Å²) in [6, 6.07) is 13.9. The molecular formula is C19H13IN4O. The summed E-state index contributed by atoms with van der Waals surface area (Å²) in [5, 5.41) is 23.0. The number of rotatable bonds is 1. The van der Waals surface area contributed by atoms with Crippen LogP contribution in [0.15, 0.2) is 54.9 Å². The molecule has 0 amide bonds. The van der Waals surface area contributed by atoms with E-state index in [0.29, 0.717) is 5.75 Å². The van der Waals surface area contributed by atoms with Crippen LogP contribution in [0.25, 0.3) is 22.2 Å². The average molecular weight is 440 g/mol. The van der Waals surface area contributed by atoms with Crippen LogP contribution in [0.2, 0.25) is 0 Å². The number of aromatic amines is 1. The standard InChI is InChI=1S/C19H13IN4O/c20-14-7-10(5-6-16(14)25)18-13-8-21-19-17(13)12(9-22-24-19)11-3-1-2-4-15(11)23-18/h1-9,18,23,25H,(H,21,24). The highest BCUT2D eigenvalue weighted by Gasteiger charge is 2.26. The molecule has 3 N–H and O–H groups in total. The number of benzene rings is 2. The minimum Gasteiger partial charge on any atom is -0.507 e. The maximum atomic E-state index is 9.87. The molecule has 4 aromatic rings. The third-order valence-electron chi connectivity index (χ3n) is 4.64. The monoisotopic (exact) mass is 440 g/mol. The van der Waals surface area contributed by atoms with Gasteiger partial charge in [0, 0.05) is 34.0 Å². The molecule has 5 rings (SSSR count). The van der Waals surface area contributed by atoms with Crippen LogP contribution in [0.3, 0.4) is 0 Å². The number of anilines is 1. The van der Waals surface area contributed by atoms with Crippen molar-refractivity contribution in [3.05, 3.63) is 69.6 Å². The van der Waals surface area contributed by atoms with E-state index in [2.05, 4.69) is 55.2 Å². The predicted molar refractivity (Wildman–Crippen MR) is 106 cm³/mol. The van der Waals surface area contributed by atoms with Gasteiger partial charge >= 0.3 is 0 Å². The Bertz CT molecular complexity index is 1120. The molecule has 0 bridgehead atoms. The van der Waals surface area contributed by atoms with Crippen LogP contribution in [0.1, 0.15) is 17.2 Å². The lowest BCUT2D eigenvalue weighted by molar-refractivity contribution is 0.471. The first-order valence-corrected chi connectivity index (χ1v) is 8.97. The molecule has 0 fully saturated rings. The zero-order valence-electron chi connectivity index (χ0n) is 13.0. The number of aromatic hydroxyl groups is 1. The molecule has 0 saturated heterocycles. The summed E-state index contributed by atoms with van der Waals surface area (Å²) in [5.74, 6) is 0.295. The minimum absolute atomic E-state index is 0.0468. The number of aromatic nitrogens is 3. The fourth-order valence-corrected chi connectivity index (χ4v) is 4.01. The zero-order chi connectivity index (χ0) is 17.0. The Labute approximate surface area is 157 Å². The van der Waals surface area contributed by atoms with Gasteiger partial charge in [0.05, 0.1) is 15.8 Å². The van der Waals surface area contributed by atoms with Gasteiger partial charge in [0.2, 0.25) is 0 Å². The van der Waals surface area contributed by atoms with Crippen LogP contribution in [0.5, 0.6) is 5.75 Å². The van der Waals surface area contributed by atoms with Crippen molar-refractivity contribution in [3.63, 3.8) is 0 Å². The van der Waals surface area contributed by atoms with Crippen molar-refractivity contribution in [2.75, 3.05) is 5.32 Å². The maximum Gasteiger partial charge on any atom is 0.160 e. The average Bonchev–Trinajstić information content (AvgIpc) is 3.00. The fourth-order valence-electron chi connectivity index (χ4n) is 3.47. The number of phenols is 1. The summed E-state index contributed by atoms with van der Waals surface area (Å²) in [4.78, 5) is 3.24. The quantitative estimate of drug-likeness (QED) is 0.383. The predicted octanol–water partition coefficient (Wildman–Crippen LogP) is 4.45. The highest BCUT2D eigenvalue weighted by molar-refractivity contribution is 14.1. The van der Waals surface area contributed by atoms with Crippen LogP contribution in [0, 0.1) is 3.57 Å². The van der Waals surface area contributed by atoms with E-state index >= 15 is 0 Å². The van der Waals surface area contributed by atoms with E-state index < -0.39 is 0 Å². The number of nitrogens with zero attached hydrogens (tertiary/aromatic N) is 2. The van der Waals surface area contributed by atoms with E-state index in [1.807, 2.05) is 36.7 Å². The van der Waals surface area contributed by atoms with Crippen molar-refractivity contribution < 1.29 is 5.11 Å². The van der Waals surface area contributed by atoms with Crippen molar-refractivity contribution in [1.29, 1.82) is 0 Å².